The van der Waals surface area contributed by atoms with Gasteiger partial charge in [-0.1, -0.05) is 24.3 Å². The van der Waals surface area contributed by atoms with Crippen LogP contribution in [0.2, 0.25) is 0 Å². The molecule has 4 N–H and O–H groups in total. The third-order valence-electron chi connectivity index (χ3n) is 4.74. The fourth-order valence-electron chi connectivity index (χ4n) is 2.93. The van der Waals surface area contributed by atoms with Gasteiger partial charge < -0.3 is 20.9 Å². The molecule has 1 unspecified atom stereocenters. The summed E-state index contributed by atoms with van der Waals surface area (Å²) in [5.41, 5.74) is 4.49. The van der Waals surface area contributed by atoms with E-state index in [2.05, 4.69) is 16.0 Å². The molecule has 29 heavy (non-hydrogen) atoms. The van der Waals surface area contributed by atoms with Gasteiger partial charge in [0.15, 0.2) is 6.54 Å². The van der Waals surface area contributed by atoms with Crippen LogP contribution in [0.25, 0.3) is 0 Å². The maximum atomic E-state index is 12.1. The normalized spacial score (nSPS) is 11.4. The van der Waals surface area contributed by atoms with Crippen molar-refractivity contribution >= 4 is 23.4 Å². The molecule has 0 saturated heterocycles. The van der Waals surface area contributed by atoms with Gasteiger partial charge >= 0.3 is 0 Å². The van der Waals surface area contributed by atoms with E-state index in [9.17, 15) is 14.4 Å². The molecule has 0 saturated carbocycles. The van der Waals surface area contributed by atoms with Crippen LogP contribution in [0.1, 0.15) is 27.0 Å². The first-order chi connectivity index (χ1) is 13.8. The van der Waals surface area contributed by atoms with Gasteiger partial charge in [0, 0.05) is 23.9 Å². The van der Waals surface area contributed by atoms with E-state index >= 15 is 0 Å². The van der Waals surface area contributed by atoms with Crippen molar-refractivity contribution in [3.8, 4) is 0 Å². The van der Waals surface area contributed by atoms with Crippen molar-refractivity contribution in [2.45, 2.75) is 20.4 Å². The van der Waals surface area contributed by atoms with Crippen molar-refractivity contribution < 1.29 is 19.3 Å². The maximum absolute atomic E-state index is 12.1. The lowest BCUT2D eigenvalue weighted by Crippen LogP contribution is -3.08. The number of anilines is 1. The molecule has 0 spiro atoms. The summed E-state index contributed by atoms with van der Waals surface area (Å²) >= 11 is 0. The first-order valence-electron chi connectivity index (χ1n) is 9.55. The number of nitrogens with one attached hydrogen (secondary N) is 4. The smallest absolute Gasteiger partial charge is 0.275 e. The van der Waals surface area contributed by atoms with Crippen LogP contribution in [-0.2, 0) is 16.1 Å². The van der Waals surface area contributed by atoms with Gasteiger partial charge in [0.25, 0.3) is 11.8 Å². The van der Waals surface area contributed by atoms with Crippen molar-refractivity contribution in [3.05, 3.63) is 64.7 Å². The summed E-state index contributed by atoms with van der Waals surface area (Å²) in [5.74, 6) is -0.578. The summed E-state index contributed by atoms with van der Waals surface area (Å²) in [4.78, 5) is 36.8. The SMILES string of the molecule is CNC(=O)c1ccc(C[NH+](C)CC(=O)NCC(=O)Nc2cccc(C)c2C)cc1. The zero-order valence-corrected chi connectivity index (χ0v) is 17.4. The Labute approximate surface area is 171 Å². The second-order valence-corrected chi connectivity index (χ2v) is 7.16. The Morgan fingerprint density at radius 2 is 1.66 bits per heavy atom. The molecule has 0 aliphatic heterocycles. The van der Waals surface area contributed by atoms with Crippen molar-refractivity contribution in [1.82, 2.24) is 10.6 Å². The number of carbonyl (C=O) groups is 3. The number of likely N-dealkylation sites (N-methyl/N-ethyl adjacent to an activating group) is 1. The van der Waals surface area contributed by atoms with E-state index in [0.717, 1.165) is 27.3 Å². The average Bonchev–Trinajstić information content (AvgIpc) is 2.70. The molecule has 0 aromatic heterocycles. The lowest BCUT2D eigenvalue weighted by molar-refractivity contribution is -0.885. The van der Waals surface area contributed by atoms with Gasteiger partial charge in [-0.15, -0.1) is 0 Å². The third kappa shape index (κ3) is 6.73. The van der Waals surface area contributed by atoms with Crippen LogP contribution in [0.4, 0.5) is 5.69 Å². The van der Waals surface area contributed by atoms with Crippen molar-refractivity contribution in [1.29, 1.82) is 0 Å². The zero-order chi connectivity index (χ0) is 21.4. The van der Waals surface area contributed by atoms with Crippen LogP contribution in [0.3, 0.4) is 0 Å². The van der Waals surface area contributed by atoms with E-state index in [1.54, 1.807) is 19.2 Å². The number of hydrogen-bond donors (Lipinski definition) is 4. The van der Waals surface area contributed by atoms with E-state index in [1.165, 1.54) is 0 Å². The average molecular weight is 397 g/mol. The second-order valence-electron chi connectivity index (χ2n) is 7.16. The van der Waals surface area contributed by atoms with Crippen molar-refractivity contribution in [2.75, 3.05) is 32.5 Å². The molecule has 0 aliphatic carbocycles. The number of quaternary nitrogens is 1. The van der Waals surface area contributed by atoms with Crippen molar-refractivity contribution in [2.24, 2.45) is 0 Å². The molecule has 1 atom stereocenters. The predicted molar refractivity (Wildman–Crippen MR) is 113 cm³/mol. The number of rotatable bonds is 8. The number of carbonyl (C=O) groups excluding carboxylic acids is 3. The molecule has 2 aromatic rings. The van der Waals surface area contributed by atoms with E-state index in [-0.39, 0.29) is 30.8 Å². The van der Waals surface area contributed by atoms with Crippen LogP contribution in [-0.4, -0.2) is 44.9 Å². The number of aryl methyl sites for hydroxylation is 1. The zero-order valence-electron chi connectivity index (χ0n) is 17.4. The topological polar surface area (TPSA) is 91.7 Å². The Morgan fingerprint density at radius 1 is 0.966 bits per heavy atom. The van der Waals surface area contributed by atoms with Crippen LogP contribution >= 0.6 is 0 Å². The summed E-state index contributed by atoms with van der Waals surface area (Å²) in [6.07, 6.45) is 0. The Morgan fingerprint density at radius 3 is 2.31 bits per heavy atom. The summed E-state index contributed by atoms with van der Waals surface area (Å²) in [7, 11) is 3.50. The molecule has 2 rings (SSSR count). The molecule has 0 heterocycles. The predicted octanol–water partition coefficient (Wildman–Crippen LogP) is 0.433. The van der Waals surface area contributed by atoms with E-state index in [4.69, 9.17) is 0 Å². The van der Waals surface area contributed by atoms with Gasteiger partial charge in [-0.2, -0.15) is 0 Å². The molecular formula is C22H29N4O3+. The Kier molecular flexibility index (Phi) is 7.91. The third-order valence-corrected chi connectivity index (χ3v) is 4.74. The highest BCUT2D eigenvalue weighted by Crippen LogP contribution is 2.17. The summed E-state index contributed by atoms with van der Waals surface area (Å²) < 4.78 is 0. The van der Waals surface area contributed by atoms with E-state index in [1.807, 2.05) is 51.2 Å². The first kappa shape index (κ1) is 22.1. The fraction of sp³-hybridized carbons (Fsp3) is 0.318. The Bertz CT molecular complexity index is 878. The molecule has 7 heteroatoms. The summed E-state index contributed by atoms with van der Waals surface area (Å²) in [5, 5.41) is 8.07. The van der Waals surface area contributed by atoms with Gasteiger partial charge in [-0.25, -0.2) is 0 Å². The molecule has 0 aliphatic rings. The summed E-state index contributed by atoms with van der Waals surface area (Å²) in [6.45, 7) is 4.74. The van der Waals surface area contributed by atoms with E-state index in [0.29, 0.717) is 12.1 Å². The molecule has 2 aromatic carbocycles. The quantitative estimate of drug-likeness (QED) is 0.521. The minimum Gasteiger partial charge on any atom is -0.355 e. The van der Waals surface area contributed by atoms with Crippen LogP contribution in [0.5, 0.6) is 0 Å². The van der Waals surface area contributed by atoms with Crippen LogP contribution < -0.4 is 20.9 Å². The highest BCUT2D eigenvalue weighted by atomic mass is 16.2. The highest BCUT2D eigenvalue weighted by molar-refractivity contribution is 5.95. The van der Waals surface area contributed by atoms with Crippen molar-refractivity contribution in [3.63, 3.8) is 0 Å². The monoisotopic (exact) mass is 397 g/mol. The van der Waals surface area contributed by atoms with Gasteiger partial charge in [0.1, 0.15) is 6.54 Å². The molecule has 7 nitrogen and oxygen atoms in total. The van der Waals surface area contributed by atoms with E-state index < -0.39 is 0 Å². The number of hydrogen-bond acceptors (Lipinski definition) is 3. The summed E-state index contributed by atoms with van der Waals surface area (Å²) in [6, 6.07) is 13.0. The molecule has 3 amide bonds. The minimum absolute atomic E-state index is 0.0691. The van der Waals surface area contributed by atoms with Crippen LogP contribution in [0.15, 0.2) is 42.5 Å². The highest BCUT2D eigenvalue weighted by Gasteiger charge is 2.13. The lowest BCUT2D eigenvalue weighted by Gasteiger charge is -2.14. The van der Waals surface area contributed by atoms with Gasteiger partial charge in [0.05, 0.1) is 13.6 Å². The standard InChI is InChI=1S/C22H28N4O3/c1-15-6-5-7-19(16(15)2)25-20(27)12-24-21(28)14-26(4)13-17-8-10-18(11-9-17)22(29)23-3/h5-11H,12-14H2,1-4H3,(H,23,29)(H,24,28)(H,25,27)/p+1. The Balaban J connectivity index is 1.77. The minimum atomic E-state index is -0.255. The molecule has 154 valence electrons. The number of benzene rings is 2. The molecular weight excluding hydrogens is 368 g/mol. The number of amides is 3. The molecule has 0 bridgehead atoms. The van der Waals surface area contributed by atoms with Crippen LogP contribution in [0, 0.1) is 13.8 Å². The van der Waals surface area contributed by atoms with Gasteiger partial charge in [-0.05, 0) is 43.2 Å². The first-order valence-corrected chi connectivity index (χ1v) is 9.55. The molecule has 0 radical (unpaired) electrons. The largest absolute Gasteiger partial charge is 0.355 e. The lowest BCUT2D eigenvalue weighted by atomic mass is 10.1. The van der Waals surface area contributed by atoms with Gasteiger partial charge in [-0.3, -0.25) is 14.4 Å². The molecule has 0 fully saturated rings. The van der Waals surface area contributed by atoms with Gasteiger partial charge in [0.2, 0.25) is 5.91 Å². The Hall–Kier alpha value is -3.19. The fourth-order valence-corrected chi connectivity index (χ4v) is 2.93. The maximum Gasteiger partial charge on any atom is 0.275 e. The second kappa shape index (κ2) is 10.4.